The van der Waals surface area contributed by atoms with Crippen LogP contribution in [0.25, 0.3) is 5.69 Å². The largest absolute Gasteiger partial charge is 0.508 e. The van der Waals surface area contributed by atoms with Gasteiger partial charge in [-0.1, -0.05) is 66.2 Å². The Bertz CT molecular complexity index is 1070. The van der Waals surface area contributed by atoms with E-state index < -0.39 is 0 Å². The van der Waals surface area contributed by atoms with Crippen LogP contribution in [0.5, 0.6) is 5.75 Å². The Labute approximate surface area is 171 Å². The quantitative estimate of drug-likeness (QED) is 0.503. The Morgan fingerprint density at radius 1 is 0.931 bits per heavy atom. The maximum absolute atomic E-state index is 10.5. The Balaban J connectivity index is 1.64. The van der Waals surface area contributed by atoms with Gasteiger partial charge in [0.05, 0.1) is 17.9 Å². The lowest BCUT2D eigenvalue weighted by molar-refractivity contribution is 0.265. The second-order valence-corrected chi connectivity index (χ2v) is 7.42. The van der Waals surface area contributed by atoms with Gasteiger partial charge < -0.3 is 5.11 Å². The fraction of sp³-hybridized carbons (Fsp3) is 0.160. The van der Waals surface area contributed by atoms with Crippen molar-refractivity contribution in [2.75, 3.05) is 7.05 Å². The normalized spacial score (nSPS) is 12.2. The van der Waals surface area contributed by atoms with Gasteiger partial charge in [0, 0.05) is 23.9 Å². The molecule has 0 radical (unpaired) electrons. The number of aromatic nitrogens is 2. The molecule has 0 saturated carbocycles. The molecule has 0 saturated heterocycles. The molecular weight excluding hydrogens is 358 g/mol. The molecule has 0 aliphatic carbocycles. The molecule has 1 N–H and O–H groups in total. The van der Waals surface area contributed by atoms with Crippen LogP contribution in [-0.4, -0.2) is 26.8 Å². The average molecular weight is 383 g/mol. The maximum Gasteiger partial charge on any atom is 0.120 e. The summed E-state index contributed by atoms with van der Waals surface area (Å²) in [6, 6.07) is 26.1. The number of aryl methyl sites for hydroxylation is 1. The summed E-state index contributed by atoms with van der Waals surface area (Å²) in [6.07, 6.45) is 3.96. The summed E-state index contributed by atoms with van der Waals surface area (Å²) in [4.78, 5) is 2.24. The minimum absolute atomic E-state index is 0.0584. The molecule has 1 heterocycles. The zero-order chi connectivity index (χ0) is 20.2. The highest BCUT2D eigenvalue weighted by molar-refractivity contribution is 5.41. The van der Waals surface area contributed by atoms with Gasteiger partial charge in [0.15, 0.2) is 0 Å². The molecule has 0 fully saturated rings. The lowest BCUT2D eigenvalue weighted by atomic mass is 9.95. The van der Waals surface area contributed by atoms with Crippen LogP contribution >= 0.6 is 0 Å². The number of hydrogen-bond donors (Lipinski definition) is 1. The molecule has 0 bridgehead atoms. The van der Waals surface area contributed by atoms with Gasteiger partial charge >= 0.3 is 0 Å². The third-order valence-electron chi connectivity index (χ3n) is 5.15. The Kier molecular flexibility index (Phi) is 5.45. The Hall–Kier alpha value is -3.37. The summed E-state index contributed by atoms with van der Waals surface area (Å²) in [5.74, 6) is 0.310. The summed E-state index contributed by atoms with van der Waals surface area (Å²) in [5, 5.41) is 15.0. The van der Waals surface area contributed by atoms with Crippen LogP contribution in [0.1, 0.15) is 28.3 Å². The Morgan fingerprint density at radius 2 is 1.62 bits per heavy atom. The van der Waals surface area contributed by atoms with Crippen molar-refractivity contribution < 1.29 is 5.11 Å². The van der Waals surface area contributed by atoms with Crippen molar-refractivity contribution >= 4 is 0 Å². The second-order valence-electron chi connectivity index (χ2n) is 7.42. The van der Waals surface area contributed by atoms with E-state index in [4.69, 9.17) is 0 Å². The van der Waals surface area contributed by atoms with Crippen LogP contribution in [0.3, 0.4) is 0 Å². The monoisotopic (exact) mass is 383 g/mol. The predicted octanol–water partition coefficient (Wildman–Crippen LogP) is 5.11. The zero-order valence-corrected chi connectivity index (χ0v) is 16.7. The van der Waals surface area contributed by atoms with Gasteiger partial charge in [0.2, 0.25) is 0 Å². The minimum Gasteiger partial charge on any atom is -0.508 e. The topological polar surface area (TPSA) is 41.3 Å². The van der Waals surface area contributed by atoms with Crippen molar-refractivity contribution in [3.05, 3.63) is 114 Å². The average Bonchev–Trinajstić information content (AvgIpc) is 3.20. The van der Waals surface area contributed by atoms with Crippen molar-refractivity contribution in [2.45, 2.75) is 19.5 Å². The second kappa shape index (κ2) is 8.33. The highest BCUT2D eigenvalue weighted by Gasteiger charge is 2.22. The smallest absolute Gasteiger partial charge is 0.120 e. The van der Waals surface area contributed by atoms with E-state index in [1.165, 1.54) is 5.56 Å². The van der Waals surface area contributed by atoms with E-state index >= 15 is 0 Å². The molecule has 3 aromatic carbocycles. The van der Waals surface area contributed by atoms with Gasteiger partial charge in [-0.05, 0) is 37.7 Å². The summed E-state index contributed by atoms with van der Waals surface area (Å²) in [7, 11) is 2.08. The number of aromatic hydroxyl groups is 1. The molecule has 4 aromatic rings. The van der Waals surface area contributed by atoms with Crippen molar-refractivity contribution in [2.24, 2.45) is 0 Å². The van der Waals surface area contributed by atoms with E-state index in [0.29, 0.717) is 12.3 Å². The summed E-state index contributed by atoms with van der Waals surface area (Å²) in [5.41, 5.74) is 5.42. The molecule has 4 nitrogen and oxygen atoms in total. The number of rotatable bonds is 6. The van der Waals surface area contributed by atoms with Crippen LogP contribution in [0, 0.1) is 6.92 Å². The first kappa shape index (κ1) is 19.0. The first-order valence-electron chi connectivity index (χ1n) is 9.75. The Morgan fingerprint density at radius 3 is 2.34 bits per heavy atom. The standard InChI is InChI=1S/C25H25N3O/c1-19-12-14-21(15-13-19)25(23-10-6-7-11-24(23)29)27(2)17-20-16-26-28(18-20)22-8-4-3-5-9-22/h3-16,18,25,29H,17H2,1-2H3/t25-/m1/s1. The summed E-state index contributed by atoms with van der Waals surface area (Å²) < 4.78 is 1.89. The van der Waals surface area contributed by atoms with Crippen LogP contribution in [-0.2, 0) is 6.54 Å². The number of phenols is 1. The molecule has 0 unspecified atom stereocenters. The fourth-order valence-electron chi connectivity index (χ4n) is 3.68. The van der Waals surface area contributed by atoms with Gasteiger partial charge in [-0.3, -0.25) is 4.90 Å². The molecule has 0 spiro atoms. The van der Waals surface area contributed by atoms with Crippen molar-refractivity contribution in [1.29, 1.82) is 0 Å². The third-order valence-corrected chi connectivity index (χ3v) is 5.15. The highest BCUT2D eigenvalue weighted by atomic mass is 16.3. The van der Waals surface area contributed by atoms with Crippen LogP contribution in [0.2, 0.25) is 0 Å². The van der Waals surface area contributed by atoms with E-state index in [9.17, 15) is 5.11 Å². The molecule has 0 aliphatic rings. The SMILES string of the molecule is Cc1ccc([C@H](c2ccccc2O)N(C)Cc2cnn(-c3ccccc3)c2)cc1. The third kappa shape index (κ3) is 4.23. The van der Waals surface area contributed by atoms with Gasteiger partial charge in [-0.25, -0.2) is 4.68 Å². The molecule has 1 aromatic heterocycles. The van der Waals surface area contributed by atoms with E-state index in [1.807, 2.05) is 59.4 Å². The molecule has 1 atom stereocenters. The van der Waals surface area contributed by atoms with Crippen LogP contribution < -0.4 is 0 Å². The van der Waals surface area contributed by atoms with Crippen molar-refractivity contribution in [1.82, 2.24) is 14.7 Å². The first-order chi connectivity index (χ1) is 14.1. The predicted molar refractivity (Wildman–Crippen MR) is 116 cm³/mol. The molecule has 0 aliphatic heterocycles. The maximum atomic E-state index is 10.5. The lowest BCUT2D eigenvalue weighted by Gasteiger charge is -2.29. The number of phenolic OH excluding ortho intramolecular Hbond substituents is 1. The fourth-order valence-corrected chi connectivity index (χ4v) is 3.68. The highest BCUT2D eigenvalue weighted by Crippen LogP contribution is 2.34. The van der Waals surface area contributed by atoms with E-state index in [0.717, 1.165) is 22.4 Å². The summed E-state index contributed by atoms with van der Waals surface area (Å²) in [6.45, 7) is 2.79. The van der Waals surface area contributed by atoms with Gasteiger partial charge in [0.1, 0.15) is 5.75 Å². The zero-order valence-electron chi connectivity index (χ0n) is 16.7. The van der Waals surface area contributed by atoms with Crippen LogP contribution in [0.15, 0.2) is 91.3 Å². The van der Waals surface area contributed by atoms with Crippen LogP contribution in [0.4, 0.5) is 0 Å². The van der Waals surface area contributed by atoms with E-state index in [-0.39, 0.29) is 6.04 Å². The number of benzene rings is 3. The van der Waals surface area contributed by atoms with Crippen molar-refractivity contribution in [3.63, 3.8) is 0 Å². The molecule has 146 valence electrons. The number of para-hydroxylation sites is 2. The minimum atomic E-state index is -0.0584. The molecule has 29 heavy (non-hydrogen) atoms. The van der Waals surface area contributed by atoms with Gasteiger partial charge in [-0.15, -0.1) is 0 Å². The van der Waals surface area contributed by atoms with Crippen molar-refractivity contribution in [3.8, 4) is 11.4 Å². The summed E-state index contributed by atoms with van der Waals surface area (Å²) >= 11 is 0. The molecule has 0 amide bonds. The lowest BCUT2D eigenvalue weighted by Crippen LogP contribution is -2.25. The molecular formula is C25H25N3O. The van der Waals surface area contributed by atoms with Gasteiger partial charge in [0.25, 0.3) is 0 Å². The van der Waals surface area contributed by atoms with E-state index in [2.05, 4.69) is 54.4 Å². The number of hydrogen-bond acceptors (Lipinski definition) is 3. The molecule has 4 rings (SSSR count). The molecule has 4 heteroatoms. The van der Waals surface area contributed by atoms with E-state index in [1.54, 1.807) is 6.07 Å². The first-order valence-corrected chi connectivity index (χ1v) is 9.75. The van der Waals surface area contributed by atoms with Gasteiger partial charge in [-0.2, -0.15) is 5.10 Å². The number of nitrogens with zero attached hydrogens (tertiary/aromatic N) is 3.